The van der Waals surface area contributed by atoms with Gasteiger partial charge in [0.25, 0.3) is 0 Å². The van der Waals surface area contributed by atoms with Crippen LogP contribution in [0.3, 0.4) is 0 Å². The zero-order valence-electron chi connectivity index (χ0n) is 16.8. The highest BCUT2D eigenvalue weighted by molar-refractivity contribution is 5.77. The molecule has 30 heavy (non-hydrogen) atoms. The summed E-state index contributed by atoms with van der Waals surface area (Å²) in [7, 11) is 1.96. The summed E-state index contributed by atoms with van der Waals surface area (Å²) in [5.74, 6) is 1.39. The fraction of sp³-hybridized carbons (Fsp3) is 0.273. The predicted molar refractivity (Wildman–Crippen MR) is 115 cm³/mol. The molecule has 0 aliphatic carbocycles. The molecule has 1 fully saturated rings. The molecule has 1 N–H and O–H groups in total. The fourth-order valence-electron chi connectivity index (χ4n) is 3.69. The van der Waals surface area contributed by atoms with Crippen LogP contribution >= 0.6 is 0 Å². The molecule has 0 saturated carbocycles. The zero-order chi connectivity index (χ0) is 20.3. The number of nitrogens with zero attached hydrogens (tertiary/aromatic N) is 6. The van der Waals surface area contributed by atoms with Gasteiger partial charge in [-0.1, -0.05) is 12.1 Å². The summed E-state index contributed by atoms with van der Waals surface area (Å²) in [4.78, 5) is 20.3. The van der Waals surface area contributed by atoms with Gasteiger partial charge in [-0.25, -0.2) is 9.97 Å². The smallest absolute Gasteiger partial charge is 0.229 e. The molecule has 1 aliphatic rings. The second-order valence-electron chi connectivity index (χ2n) is 7.35. The standard InChI is InChI=1S/C22H23N7O/c1-28-20(17-5-7-23-8-6-17)26-19-14-24-22(27-21(19)28)25-18-4-2-3-16(13-18)15-29-9-11-30-12-10-29/h2-8,13-14H,9-12,15H2,1H3,(H,24,25,27). The van der Waals surface area contributed by atoms with Crippen molar-refractivity contribution in [2.75, 3.05) is 31.6 Å². The van der Waals surface area contributed by atoms with E-state index < -0.39 is 0 Å². The Kier molecular flexibility index (Phi) is 5.08. The van der Waals surface area contributed by atoms with Gasteiger partial charge in [0.15, 0.2) is 5.65 Å². The number of rotatable bonds is 5. The summed E-state index contributed by atoms with van der Waals surface area (Å²) in [5.41, 5.74) is 4.76. The van der Waals surface area contributed by atoms with Crippen molar-refractivity contribution in [3.05, 3.63) is 60.6 Å². The van der Waals surface area contributed by atoms with Gasteiger partial charge in [0.1, 0.15) is 11.3 Å². The van der Waals surface area contributed by atoms with Crippen LogP contribution in [0.25, 0.3) is 22.6 Å². The van der Waals surface area contributed by atoms with Crippen molar-refractivity contribution in [2.24, 2.45) is 7.05 Å². The molecule has 4 heterocycles. The molecule has 5 rings (SSSR count). The quantitative estimate of drug-likeness (QED) is 0.551. The number of fused-ring (bicyclic) bond motifs is 1. The van der Waals surface area contributed by atoms with Crippen molar-refractivity contribution in [3.8, 4) is 11.4 Å². The molecule has 0 amide bonds. The van der Waals surface area contributed by atoms with Gasteiger partial charge in [-0.05, 0) is 29.8 Å². The number of aryl methyl sites for hydroxylation is 1. The number of hydrogen-bond donors (Lipinski definition) is 1. The molecule has 152 valence electrons. The van der Waals surface area contributed by atoms with Crippen molar-refractivity contribution in [1.82, 2.24) is 29.4 Å². The van der Waals surface area contributed by atoms with Crippen molar-refractivity contribution < 1.29 is 4.74 Å². The third-order valence-electron chi connectivity index (χ3n) is 5.24. The van der Waals surface area contributed by atoms with E-state index in [2.05, 4.69) is 43.4 Å². The summed E-state index contributed by atoms with van der Waals surface area (Å²) >= 11 is 0. The first kappa shape index (κ1) is 18.7. The summed E-state index contributed by atoms with van der Waals surface area (Å²) in [6.45, 7) is 4.46. The first-order chi connectivity index (χ1) is 14.8. The molecule has 1 aromatic carbocycles. The van der Waals surface area contributed by atoms with Gasteiger partial charge in [0.05, 0.1) is 19.4 Å². The lowest BCUT2D eigenvalue weighted by atomic mass is 10.2. The Hall–Kier alpha value is -3.36. The molecule has 0 spiro atoms. The minimum atomic E-state index is 0.551. The minimum absolute atomic E-state index is 0.551. The van der Waals surface area contributed by atoms with Crippen molar-refractivity contribution in [1.29, 1.82) is 0 Å². The fourth-order valence-corrected chi connectivity index (χ4v) is 3.69. The lowest BCUT2D eigenvalue weighted by Crippen LogP contribution is -2.35. The number of benzene rings is 1. The second kappa shape index (κ2) is 8.17. The second-order valence-corrected chi connectivity index (χ2v) is 7.35. The van der Waals surface area contributed by atoms with Crippen LogP contribution in [-0.4, -0.2) is 55.7 Å². The highest BCUT2D eigenvalue weighted by Crippen LogP contribution is 2.23. The monoisotopic (exact) mass is 401 g/mol. The van der Waals surface area contributed by atoms with Gasteiger partial charge < -0.3 is 14.6 Å². The summed E-state index contributed by atoms with van der Waals surface area (Å²) in [5, 5.41) is 3.33. The molecule has 1 aliphatic heterocycles. The highest BCUT2D eigenvalue weighted by Gasteiger charge is 2.13. The SMILES string of the molecule is Cn1c(-c2ccncc2)nc2cnc(Nc3cccc(CN4CCOCC4)c3)nc21. The molecule has 0 radical (unpaired) electrons. The van der Waals surface area contributed by atoms with Crippen molar-refractivity contribution >= 4 is 22.8 Å². The first-order valence-electron chi connectivity index (χ1n) is 10.0. The average molecular weight is 401 g/mol. The molecule has 3 aromatic heterocycles. The lowest BCUT2D eigenvalue weighted by Gasteiger charge is -2.26. The molecule has 8 heteroatoms. The third kappa shape index (κ3) is 3.87. The maximum atomic E-state index is 5.43. The Balaban J connectivity index is 1.38. The Morgan fingerprint density at radius 1 is 1.07 bits per heavy atom. The van der Waals surface area contributed by atoms with Gasteiger partial charge >= 0.3 is 0 Å². The van der Waals surface area contributed by atoms with Crippen LogP contribution in [0.4, 0.5) is 11.6 Å². The van der Waals surface area contributed by atoms with Crippen LogP contribution in [0.1, 0.15) is 5.56 Å². The van der Waals surface area contributed by atoms with Crippen LogP contribution in [0.15, 0.2) is 55.0 Å². The molecule has 1 saturated heterocycles. The van der Waals surface area contributed by atoms with E-state index in [0.717, 1.165) is 61.1 Å². The molecule has 4 aromatic rings. The first-order valence-corrected chi connectivity index (χ1v) is 10.0. The van der Waals surface area contributed by atoms with E-state index in [4.69, 9.17) is 9.72 Å². The topological polar surface area (TPSA) is 81.0 Å². The zero-order valence-corrected chi connectivity index (χ0v) is 16.8. The minimum Gasteiger partial charge on any atom is -0.379 e. The predicted octanol–water partition coefficient (Wildman–Crippen LogP) is 3.00. The normalized spacial score (nSPS) is 14.8. The number of imidazole rings is 1. The lowest BCUT2D eigenvalue weighted by molar-refractivity contribution is 0.0342. The number of nitrogens with one attached hydrogen (secondary N) is 1. The number of hydrogen-bond acceptors (Lipinski definition) is 7. The number of ether oxygens (including phenoxy) is 1. The summed E-state index contributed by atoms with van der Waals surface area (Å²) < 4.78 is 7.41. The number of anilines is 2. The van der Waals surface area contributed by atoms with Gasteiger partial charge in [-0.3, -0.25) is 9.88 Å². The van der Waals surface area contributed by atoms with E-state index >= 15 is 0 Å². The number of morpholine rings is 1. The Labute approximate surface area is 174 Å². The van der Waals surface area contributed by atoms with Crippen LogP contribution in [0.2, 0.25) is 0 Å². The van der Waals surface area contributed by atoms with Crippen LogP contribution in [0.5, 0.6) is 0 Å². The van der Waals surface area contributed by atoms with Gasteiger partial charge in [0, 0.05) is 50.3 Å². The molecule has 0 unspecified atom stereocenters. The van der Waals surface area contributed by atoms with E-state index in [1.807, 2.05) is 29.8 Å². The van der Waals surface area contributed by atoms with Crippen molar-refractivity contribution in [3.63, 3.8) is 0 Å². The summed E-state index contributed by atoms with van der Waals surface area (Å²) in [6, 6.07) is 12.3. The number of pyridine rings is 1. The van der Waals surface area contributed by atoms with Crippen LogP contribution < -0.4 is 5.32 Å². The summed E-state index contributed by atoms with van der Waals surface area (Å²) in [6.07, 6.45) is 5.28. The van der Waals surface area contributed by atoms with E-state index in [1.54, 1.807) is 18.6 Å². The largest absolute Gasteiger partial charge is 0.379 e. The molecular weight excluding hydrogens is 378 g/mol. The van der Waals surface area contributed by atoms with Crippen LogP contribution in [-0.2, 0) is 18.3 Å². The highest BCUT2D eigenvalue weighted by atomic mass is 16.5. The van der Waals surface area contributed by atoms with Gasteiger partial charge in [0.2, 0.25) is 5.95 Å². The third-order valence-corrected chi connectivity index (χ3v) is 5.24. The van der Waals surface area contributed by atoms with Gasteiger partial charge in [-0.2, -0.15) is 4.98 Å². The Morgan fingerprint density at radius 3 is 2.73 bits per heavy atom. The Morgan fingerprint density at radius 2 is 1.90 bits per heavy atom. The van der Waals surface area contributed by atoms with E-state index in [-0.39, 0.29) is 0 Å². The molecule has 0 atom stereocenters. The van der Waals surface area contributed by atoms with Crippen molar-refractivity contribution in [2.45, 2.75) is 6.54 Å². The van der Waals surface area contributed by atoms with E-state index in [1.165, 1.54) is 5.56 Å². The number of aromatic nitrogens is 5. The van der Waals surface area contributed by atoms with E-state index in [9.17, 15) is 0 Å². The average Bonchev–Trinajstić information content (AvgIpc) is 3.11. The van der Waals surface area contributed by atoms with Gasteiger partial charge in [-0.15, -0.1) is 0 Å². The van der Waals surface area contributed by atoms with Crippen LogP contribution in [0, 0.1) is 0 Å². The molecular formula is C22H23N7O. The maximum Gasteiger partial charge on any atom is 0.229 e. The molecule has 8 nitrogen and oxygen atoms in total. The maximum absolute atomic E-state index is 5.43. The Bertz CT molecular complexity index is 1150. The van der Waals surface area contributed by atoms with E-state index in [0.29, 0.717) is 5.95 Å². The molecule has 0 bridgehead atoms.